The summed E-state index contributed by atoms with van der Waals surface area (Å²) in [5.41, 5.74) is 7.43. The molecule has 1 aromatic rings. The smallest absolute Gasteiger partial charge is 0.149 e. The molecule has 1 atom stereocenters. The Morgan fingerprint density at radius 1 is 1.56 bits per heavy atom. The maximum atomic E-state index is 9.03. The fourth-order valence-corrected chi connectivity index (χ4v) is 1.56. The number of aromatic nitrogens is 1. The minimum absolute atomic E-state index is 0.156. The van der Waals surface area contributed by atoms with Gasteiger partial charge < -0.3 is 16.2 Å². The number of pyridine rings is 1. The first-order valence-electron chi connectivity index (χ1n) is 5.62. The van der Waals surface area contributed by atoms with Gasteiger partial charge in [-0.3, -0.25) is 0 Å². The van der Waals surface area contributed by atoms with Gasteiger partial charge in [-0.2, -0.15) is 0 Å². The lowest BCUT2D eigenvalue weighted by Crippen LogP contribution is -2.35. The molecule has 4 N–H and O–H groups in total. The highest BCUT2D eigenvalue weighted by atomic mass is 16.3. The van der Waals surface area contributed by atoms with Crippen molar-refractivity contribution in [2.75, 3.05) is 17.7 Å². The minimum Gasteiger partial charge on any atom is -0.396 e. The Kier molecular flexibility index (Phi) is 4.12. The zero-order chi connectivity index (χ0) is 12.2. The summed E-state index contributed by atoms with van der Waals surface area (Å²) in [5.74, 6) is 0.698. The van der Waals surface area contributed by atoms with Crippen molar-refractivity contribution in [1.29, 1.82) is 0 Å². The summed E-state index contributed by atoms with van der Waals surface area (Å²) in [7, 11) is 0. The second-order valence-electron chi connectivity index (χ2n) is 4.46. The third-order valence-corrected chi connectivity index (χ3v) is 2.92. The van der Waals surface area contributed by atoms with Gasteiger partial charge in [0, 0.05) is 18.3 Å². The van der Waals surface area contributed by atoms with Crippen LogP contribution in [0.1, 0.15) is 32.3 Å². The molecule has 1 heterocycles. The van der Waals surface area contributed by atoms with Gasteiger partial charge in [0.2, 0.25) is 0 Å². The third kappa shape index (κ3) is 3.10. The molecule has 0 saturated heterocycles. The van der Waals surface area contributed by atoms with Gasteiger partial charge >= 0.3 is 0 Å². The number of hydrogen-bond acceptors (Lipinski definition) is 4. The molecule has 0 aliphatic heterocycles. The highest BCUT2D eigenvalue weighted by Gasteiger charge is 2.22. The van der Waals surface area contributed by atoms with E-state index in [1.165, 1.54) is 0 Å². The van der Waals surface area contributed by atoms with Crippen LogP contribution in [0.2, 0.25) is 0 Å². The summed E-state index contributed by atoms with van der Waals surface area (Å²) in [6, 6.07) is 1.89. The Labute approximate surface area is 96.9 Å². The average molecular weight is 223 g/mol. The molecule has 0 aliphatic carbocycles. The van der Waals surface area contributed by atoms with Crippen molar-refractivity contribution in [2.45, 2.75) is 39.2 Å². The van der Waals surface area contributed by atoms with Crippen LogP contribution in [0, 0.1) is 6.92 Å². The van der Waals surface area contributed by atoms with Gasteiger partial charge in [0.05, 0.1) is 5.69 Å². The van der Waals surface area contributed by atoms with E-state index in [1.54, 1.807) is 6.20 Å². The maximum absolute atomic E-state index is 9.03. The molecule has 1 rings (SSSR count). The predicted molar refractivity (Wildman–Crippen MR) is 67.4 cm³/mol. The predicted octanol–water partition coefficient (Wildman–Crippen LogP) is 1.94. The Morgan fingerprint density at radius 3 is 2.75 bits per heavy atom. The average Bonchev–Trinajstić information content (AvgIpc) is 2.23. The number of rotatable bonds is 5. The Morgan fingerprint density at radius 2 is 2.25 bits per heavy atom. The first kappa shape index (κ1) is 12.8. The summed E-state index contributed by atoms with van der Waals surface area (Å²) in [5, 5.41) is 12.3. The van der Waals surface area contributed by atoms with Crippen molar-refractivity contribution in [3.8, 4) is 0 Å². The molecule has 90 valence electrons. The number of aliphatic hydroxyl groups excluding tert-OH is 1. The van der Waals surface area contributed by atoms with E-state index in [0.29, 0.717) is 17.9 Å². The van der Waals surface area contributed by atoms with Gasteiger partial charge in [-0.15, -0.1) is 0 Å². The van der Waals surface area contributed by atoms with Crippen LogP contribution in [-0.2, 0) is 0 Å². The number of hydrogen-bond donors (Lipinski definition) is 3. The molecule has 0 saturated carbocycles. The van der Waals surface area contributed by atoms with E-state index in [0.717, 1.165) is 12.0 Å². The number of aliphatic hydroxyl groups is 1. The van der Waals surface area contributed by atoms with Crippen molar-refractivity contribution in [3.05, 3.63) is 17.8 Å². The molecule has 4 heteroatoms. The lowest BCUT2D eigenvalue weighted by molar-refractivity contribution is 0.252. The van der Waals surface area contributed by atoms with Gasteiger partial charge in [-0.05, 0) is 38.3 Å². The summed E-state index contributed by atoms with van der Waals surface area (Å²) >= 11 is 0. The molecule has 0 bridgehead atoms. The monoisotopic (exact) mass is 223 g/mol. The van der Waals surface area contributed by atoms with Crippen LogP contribution in [0.4, 0.5) is 11.5 Å². The molecule has 0 amide bonds. The first-order valence-corrected chi connectivity index (χ1v) is 5.62. The molecule has 0 spiro atoms. The van der Waals surface area contributed by atoms with E-state index in [-0.39, 0.29) is 12.1 Å². The van der Waals surface area contributed by atoms with Crippen LogP contribution in [-0.4, -0.2) is 22.2 Å². The van der Waals surface area contributed by atoms with E-state index in [4.69, 9.17) is 10.8 Å². The Bertz CT molecular complexity index is 354. The van der Waals surface area contributed by atoms with E-state index >= 15 is 0 Å². The highest BCUT2D eigenvalue weighted by molar-refractivity contribution is 5.62. The van der Waals surface area contributed by atoms with E-state index < -0.39 is 0 Å². The van der Waals surface area contributed by atoms with Crippen LogP contribution in [0.5, 0.6) is 0 Å². The summed E-state index contributed by atoms with van der Waals surface area (Å²) in [6.07, 6.45) is 3.37. The highest BCUT2D eigenvalue weighted by Crippen LogP contribution is 2.24. The molecule has 0 aromatic carbocycles. The van der Waals surface area contributed by atoms with Crippen molar-refractivity contribution in [3.63, 3.8) is 0 Å². The summed E-state index contributed by atoms with van der Waals surface area (Å²) < 4.78 is 0. The number of nitrogens with zero attached hydrogens (tertiary/aromatic N) is 1. The summed E-state index contributed by atoms with van der Waals surface area (Å²) in [6.45, 7) is 6.25. The fraction of sp³-hybridized carbons (Fsp3) is 0.583. The van der Waals surface area contributed by atoms with Crippen LogP contribution in [0.3, 0.4) is 0 Å². The molecular formula is C12H21N3O. The quantitative estimate of drug-likeness (QED) is 0.713. The number of nitrogens with one attached hydrogen (secondary N) is 1. The molecule has 0 radical (unpaired) electrons. The third-order valence-electron chi connectivity index (χ3n) is 2.92. The van der Waals surface area contributed by atoms with E-state index in [9.17, 15) is 0 Å². The number of nitrogens with two attached hydrogens (primary N) is 1. The van der Waals surface area contributed by atoms with Crippen molar-refractivity contribution in [1.82, 2.24) is 4.98 Å². The van der Waals surface area contributed by atoms with Crippen LogP contribution in [0.25, 0.3) is 0 Å². The maximum Gasteiger partial charge on any atom is 0.149 e. The number of nitrogen functional groups attached to an aromatic ring is 1. The Balaban J connectivity index is 2.85. The van der Waals surface area contributed by atoms with Crippen molar-refractivity contribution < 1.29 is 5.11 Å². The summed E-state index contributed by atoms with van der Waals surface area (Å²) in [4.78, 5) is 4.28. The second kappa shape index (κ2) is 5.16. The van der Waals surface area contributed by atoms with Gasteiger partial charge in [-0.25, -0.2) is 4.98 Å². The van der Waals surface area contributed by atoms with Crippen molar-refractivity contribution in [2.24, 2.45) is 0 Å². The number of aryl methyl sites for hydroxylation is 1. The molecule has 4 nitrogen and oxygen atoms in total. The Hall–Kier alpha value is -1.29. The van der Waals surface area contributed by atoms with Crippen LogP contribution >= 0.6 is 0 Å². The van der Waals surface area contributed by atoms with Gasteiger partial charge in [0.15, 0.2) is 0 Å². The van der Waals surface area contributed by atoms with Crippen LogP contribution in [0.15, 0.2) is 12.3 Å². The largest absolute Gasteiger partial charge is 0.396 e. The van der Waals surface area contributed by atoms with Crippen molar-refractivity contribution >= 4 is 11.5 Å². The normalized spacial score (nSPS) is 14.5. The lowest BCUT2D eigenvalue weighted by atomic mass is 9.95. The molecule has 16 heavy (non-hydrogen) atoms. The molecular weight excluding hydrogens is 202 g/mol. The molecule has 1 aromatic heterocycles. The van der Waals surface area contributed by atoms with Crippen LogP contribution < -0.4 is 11.1 Å². The zero-order valence-electron chi connectivity index (χ0n) is 10.2. The van der Waals surface area contributed by atoms with Gasteiger partial charge in [0.25, 0.3) is 0 Å². The number of anilines is 2. The molecule has 1 unspecified atom stereocenters. The lowest BCUT2D eigenvalue weighted by Gasteiger charge is -2.30. The topological polar surface area (TPSA) is 71.2 Å². The van der Waals surface area contributed by atoms with E-state index in [1.807, 2.05) is 13.0 Å². The SMILES string of the molecule is CCC(C)(CCO)Nc1ncc(C)cc1N. The standard InChI is InChI=1S/C12H21N3O/c1-4-12(3,5-6-16)15-11-10(13)7-9(2)8-14-11/h7-8,16H,4-6,13H2,1-3H3,(H,14,15). The van der Waals surface area contributed by atoms with Gasteiger partial charge in [0.1, 0.15) is 5.82 Å². The second-order valence-corrected chi connectivity index (χ2v) is 4.46. The molecule has 0 fully saturated rings. The van der Waals surface area contributed by atoms with E-state index in [2.05, 4.69) is 24.1 Å². The zero-order valence-corrected chi connectivity index (χ0v) is 10.2. The fourth-order valence-electron chi connectivity index (χ4n) is 1.56. The van der Waals surface area contributed by atoms with Gasteiger partial charge in [-0.1, -0.05) is 6.92 Å². The minimum atomic E-state index is -0.162. The molecule has 0 aliphatic rings. The first-order chi connectivity index (χ1) is 7.50.